The molecule has 6 heterocycles. The number of aryl methyl sites for hydroxylation is 1. The molecular weight excluding hydrogens is 696 g/mol. The van der Waals surface area contributed by atoms with Crippen LogP contribution in [0, 0.1) is 11.7 Å². The maximum Gasteiger partial charge on any atom is 0.318 e. The molecule has 0 aliphatic carbocycles. The first-order chi connectivity index (χ1) is 26.7. The second-order valence-electron chi connectivity index (χ2n) is 16.8. The summed E-state index contributed by atoms with van der Waals surface area (Å²) < 4.78 is 32.3. The lowest BCUT2D eigenvalue weighted by atomic mass is 9.95. The molecular formula is C44H63FN6O4. The molecule has 0 radical (unpaired) electrons. The first-order valence-electron chi connectivity index (χ1n) is 21.1. The Morgan fingerprint density at radius 2 is 1.84 bits per heavy atom. The van der Waals surface area contributed by atoms with Gasteiger partial charge >= 0.3 is 12.0 Å². The molecule has 0 spiro atoms. The zero-order valence-electron chi connectivity index (χ0n) is 33.9. The SMILES string of the molecule is CCCOCCC(C)C.CCc1c(F)ccc2cccc(N3CCc4c(nc(OCC56CCCN5[C@@H](COC(C)=O)CC6)nc4N4CC5CCC(C4)N5)C3)c12. The zero-order valence-corrected chi connectivity index (χ0v) is 33.9. The first kappa shape index (κ1) is 39.7. The summed E-state index contributed by atoms with van der Waals surface area (Å²) in [4.78, 5) is 29.1. The Balaban J connectivity index is 0.000000462. The van der Waals surface area contributed by atoms with Crippen molar-refractivity contribution in [1.29, 1.82) is 0 Å². The van der Waals surface area contributed by atoms with Gasteiger partial charge in [0.25, 0.3) is 0 Å². The van der Waals surface area contributed by atoms with E-state index >= 15 is 4.39 Å². The normalized spacial score (nSPS) is 24.5. The van der Waals surface area contributed by atoms with Gasteiger partial charge in [0, 0.05) is 74.5 Å². The van der Waals surface area contributed by atoms with Crippen LogP contribution >= 0.6 is 0 Å². The van der Waals surface area contributed by atoms with E-state index in [4.69, 9.17) is 24.2 Å². The maximum atomic E-state index is 15.0. The van der Waals surface area contributed by atoms with Crippen molar-refractivity contribution in [3.8, 4) is 6.01 Å². The number of esters is 1. The zero-order chi connectivity index (χ0) is 38.5. The molecule has 2 bridgehead atoms. The summed E-state index contributed by atoms with van der Waals surface area (Å²) in [6.07, 6.45) is 10.4. The fourth-order valence-electron chi connectivity index (χ4n) is 9.67. The molecule has 2 aromatic carbocycles. The van der Waals surface area contributed by atoms with Crippen LogP contribution in [0.5, 0.6) is 6.01 Å². The summed E-state index contributed by atoms with van der Waals surface area (Å²) >= 11 is 0. The topological polar surface area (TPSA) is 92.3 Å². The lowest BCUT2D eigenvalue weighted by Gasteiger charge is -2.38. The monoisotopic (exact) mass is 758 g/mol. The molecule has 5 aliphatic heterocycles. The number of fused-ring (bicyclic) bond motifs is 5. The van der Waals surface area contributed by atoms with E-state index in [-0.39, 0.29) is 23.4 Å². The third-order valence-corrected chi connectivity index (χ3v) is 12.5. The van der Waals surface area contributed by atoms with E-state index in [2.05, 4.69) is 59.0 Å². The quantitative estimate of drug-likeness (QED) is 0.142. The number of hydrogen-bond donors (Lipinski definition) is 1. The molecule has 10 nitrogen and oxygen atoms in total. The van der Waals surface area contributed by atoms with Crippen molar-refractivity contribution >= 4 is 28.2 Å². The van der Waals surface area contributed by atoms with Crippen molar-refractivity contribution < 1.29 is 23.4 Å². The van der Waals surface area contributed by atoms with Crippen LogP contribution in [0.25, 0.3) is 10.8 Å². The van der Waals surface area contributed by atoms with E-state index in [0.29, 0.717) is 44.3 Å². The molecule has 4 atom stereocenters. The molecule has 0 saturated carbocycles. The van der Waals surface area contributed by atoms with E-state index in [1.165, 1.54) is 31.7 Å². The summed E-state index contributed by atoms with van der Waals surface area (Å²) in [5, 5.41) is 5.83. The Morgan fingerprint density at radius 1 is 1.02 bits per heavy atom. The first-order valence-corrected chi connectivity index (χ1v) is 21.1. The second-order valence-corrected chi connectivity index (χ2v) is 16.8. The highest BCUT2D eigenvalue weighted by atomic mass is 19.1. The predicted molar refractivity (Wildman–Crippen MR) is 217 cm³/mol. The molecule has 5 aliphatic rings. The Bertz CT molecular complexity index is 1780. The smallest absolute Gasteiger partial charge is 0.318 e. The lowest BCUT2D eigenvalue weighted by Crippen LogP contribution is -2.52. The lowest BCUT2D eigenvalue weighted by molar-refractivity contribution is -0.142. The molecule has 4 saturated heterocycles. The minimum absolute atomic E-state index is 0.0754. The van der Waals surface area contributed by atoms with Gasteiger partial charge in [0.15, 0.2) is 0 Å². The maximum absolute atomic E-state index is 15.0. The Kier molecular flexibility index (Phi) is 12.8. The van der Waals surface area contributed by atoms with Crippen LogP contribution in [0.3, 0.4) is 0 Å². The number of nitrogens with zero attached hydrogens (tertiary/aromatic N) is 5. The Hall–Kier alpha value is -3.54. The van der Waals surface area contributed by atoms with Crippen molar-refractivity contribution in [2.45, 2.75) is 129 Å². The molecule has 0 amide bonds. The van der Waals surface area contributed by atoms with E-state index in [9.17, 15) is 4.79 Å². The number of ether oxygens (including phenoxy) is 3. The third kappa shape index (κ3) is 8.89. The molecule has 1 N–H and O–H groups in total. The third-order valence-electron chi connectivity index (χ3n) is 12.5. The molecule has 11 heteroatoms. The highest BCUT2D eigenvalue weighted by molar-refractivity contribution is 5.97. The summed E-state index contributed by atoms with van der Waals surface area (Å²) in [5.74, 6) is 1.44. The standard InChI is InChI=1S/C36H45FN6O3.C8H18O/c1-3-28-30(37)11-8-24-6-4-7-32(33(24)28)41-17-13-29-31(20-41)39-35(40-34(29)42-18-25-9-10-26(19-42)38-25)46-22-36-14-5-16-43(36)27(12-15-36)21-45-23(2)44;1-4-6-9-7-5-8(2)3/h4,6-8,11,25-27,38H,3,5,9-10,12-22H2,1-2H3;8H,4-7H2,1-3H3/t25?,26?,27-,36?;/m1./s1. The van der Waals surface area contributed by atoms with Gasteiger partial charge in [-0.15, -0.1) is 0 Å². The second kappa shape index (κ2) is 17.7. The average Bonchev–Trinajstić information content (AvgIpc) is 3.86. The highest BCUT2D eigenvalue weighted by Crippen LogP contribution is 2.43. The summed E-state index contributed by atoms with van der Waals surface area (Å²) in [7, 11) is 0. The fraction of sp³-hybridized carbons (Fsp3) is 0.659. The van der Waals surface area contributed by atoms with Crippen LogP contribution in [0.2, 0.25) is 0 Å². The number of carbonyl (C=O) groups is 1. The molecule has 55 heavy (non-hydrogen) atoms. The van der Waals surface area contributed by atoms with Gasteiger partial charge in [-0.1, -0.05) is 45.9 Å². The van der Waals surface area contributed by atoms with Gasteiger partial charge in [-0.2, -0.15) is 9.97 Å². The van der Waals surface area contributed by atoms with Gasteiger partial charge in [0.1, 0.15) is 24.8 Å². The number of carbonyl (C=O) groups excluding carboxylic acids is 1. The van der Waals surface area contributed by atoms with Crippen LogP contribution in [-0.4, -0.2) is 97.1 Å². The van der Waals surface area contributed by atoms with Crippen LogP contribution in [-0.2, 0) is 33.7 Å². The van der Waals surface area contributed by atoms with Crippen LogP contribution in [0.4, 0.5) is 15.9 Å². The largest absolute Gasteiger partial charge is 0.464 e. The minimum atomic E-state index is -0.224. The molecule has 1 aromatic heterocycles. The number of hydrogen-bond acceptors (Lipinski definition) is 10. The van der Waals surface area contributed by atoms with Crippen molar-refractivity contribution in [2.75, 3.05) is 62.4 Å². The fourth-order valence-corrected chi connectivity index (χ4v) is 9.67. The number of rotatable bonds is 13. The van der Waals surface area contributed by atoms with Gasteiger partial charge in [-0.25, -0.2) is 4.39 Å². The van der Waals surface area contributed by atoms with Crippen molar-refractivity contribution in [2.24, 2.45) is 5.92 Å². The summed E-state index contributed by atoms with van der Waals surface area (Å²) in [6.45, 7) is 17.2. The average molecular weight is 759 g/mol. The van der Waals surface area contributed by atoms with Gasteiger partial charge in [0.05, 0.1) is 17.8 Å². The summed E-state index contributed by atoms with van der Waals surface area (Å²) in [6, 6.07) is 11.4. The van der Waals surface area contributed by atoms with E-state index in [1.807, 2.05) is 13.0 Å². The van der Waals surface area contributed by atoms with E-state index in [1.54, 1.807) is 6.07 Å². The number of nitrogens with one attached hydrogen (secondary N) is 1. The van der Waals surface area contributed by atoms with Gasteiger partial charge < -0.3 is 29.3 Å². The van der Waals surface area contributed by atoms with Crippen molar-refractivity contribution in [3.05, 3.63) is 53.0 Å². The van der Waals surface area contributed by atoms with Crippen LogP contribution < -0.4 is 19.9 Å². The number of piperazine rings is 1. The summed E-state index contributed by atoms with van der Waals surface area (Å²) in [5.41, 5.74) is 3.98. The number of halogens is 1. The van der Waals surface area contributed by atoms with Gasteiger partial charge in [-0.05, 0) is 99.8 Å². The van der Waals surface area contributed by atoms with Crippen molar-refractivity contribution in [1.82, 2.24) is 20.2 Å². The molecule has 8 rings (SSSR count). The predicted octanol–water partition coefficient (Wildman–Crippen LogP) is 7.23. The van der Waals surface area contributed by atoms with Crippen molar-refractivity contribution in [3.63, 3.8) is 0 Å². The molecule has 3 aromatic rings. The number of benzene rings is 2. The minimum Gasteiger partial charge on any atom is -0.464 e. The Labute approximate surface area is 327 Å². The Morgan fingerprint density at radius 3 is 2.58 bits per heavy atom. The molecule has 4 fully saturated rings. The van der Waals surface area contributed by atoms with Crippen LogP contribution in [0.1, 0.15) is 103 Å². The molecule has 3 unspecified atom stereocenters. The number of aromatic nitrogens is 2. The van der Waals surface area contributed by atoms with Crippen LogP contribution in [0.15, 0.2) is 30.3 Å². The molecule has 300 valence electrons. The van der Waals surface area contributed by atoms with Gasteiger partial charge in [-0.3, -0.25) is 9.69 Å². The number of anilines is 2. The highest BCUT2D eigenvalue weighted by Gasteiger charge is 2.50. The van der Waals surface area contributed by atoms with Gasteiger partial charge in [0.2, 0.25) is 0 Å². The van der Waals surface area contributed by atoms with E-state index < -0.39 is 0 Å². The van der Waals surface area contributed by atoms with E-state index in [0.717, 1.165) is 117 Å².